The Balaban J connectivity index is 2.15. The summed E-state index contributed by atoms with van der Waals surface area (Å²) in [7, 11) is 1.40. The number of rotatable bonds is 6. The van der Waals surface area contributed by atoms with Crippen LogP contribution in [-0.4, -0.2) is 38.1 Å². The molecule has 0 radical (unpaired) electrons. The van der Waals surface area contributed by atoms with Crippen molar-refractivity contribution in [1.82, 2.24) is 9.78 Å². The normalized spacial score (nSPS) is 10.7. The first-order valence-corrected chi connectivity index (χ1v) is 8.36. The summed E-state index contributed by atoms with van der Waals surface area (Å²) in [5.74, 6) is -0.586. The number of nitrogens with one attached hydrogen (secondary N) is 1. The number of non-ortho nitro benzene ring substituents is 1. The fraction of sp³-hybridized carbons (Fsp3) is 0.0556. The number of aromatic amines is 1. The number of hydrogen-bond donors (Lipinski definition) is 2. The quantitative estimate of drug-likeness (QED) is 0.342. The summed E-state index contributed by atoms with van der Waals surface area (Å²) in [5, 5.41) is 44.1. The van der Waals surface area contributed by atoms with Crippen LogP contribution in [0.15, 0.2) is 46.2 Å². The van der Waals surface area contributed by atoms with E-state index >= 15 is 0 Å². The van der Waals surface area contributed by atoms with Crippen LogP contribution in [0.25, 0.3) is 5.69 Å². The van der Waals surface area contributed by atoms with E-state index in [1.807, 2.05) is 0 Å². The summed E-state index contributed by atoms with van der Waals surface area (Å²) in [4.78, 5) is 36.8. The molecule has 1 aromatic heterocycles. The summed E-state index contributed by atoms with van der Waals surface area (Å²) < 4.78 is 6.23. The van der Waals surface area contributed by atoms with Crippen molar-refractivity contribution in [3.05, 3.63) is 78.2 Å². The Morgan fingerprint density at radius 2 is 1.97 bits per heavy atom. The molecule has 3 aromatic rings. The summed E-state index contributed by atoms with van der Waals surface area (Å²) in [6.07, 6.45) is 0.881. The predicted molar refractivity (Wildman–Crippen MR) is 106 cm³/mol. The molecule has 3 rings (SSSR count). The number of para-hydroxylation sites is 2. The van der Waals surface area contributed by atoms with E-state index in [0.717, 1.165) is 17.0 Å². The van der Waals surface area contributed by atoms with E-state index in [0.29, 0.717) is 17.5 Å². The maximum Gasteiger partial charge on any atom is 0.319 e. The molecular weight excluding hydrogens is 412 g/mol. The Morgan fingerprint density at radius 1 is 1.26 bits per heavy atom. The number of nitrogens with zero attached hydrogens (tertiary/aromatic N) is 5. The summed E-state index contributed by atoms with van der Waals surface area (Å²) in [6.45, 7) is 0. The molecule has 0 fully saturated rings. The molecule has 0 aliphatic carbocycles. The van der Waals surface area contributed by atoms with Crippen molar-refractivity contribution >= 4 is 23.3 Å². The van der Waals surface area contributed by atoms with Gasteiger partial charge in [-0.2, -0.15) is 5.26 Å². The molecule has 1 heterocycles. The van der Waals surface area contributed by atoms with Gasteiger partial charge in [0.25, 0.3) is 11.2 Å². The number of phenolic OH excluding ortho intramolecular Hbond substituents is 1. The van der Waals surface area contributed by atoms with Crippen LogP contribution in [-0.2, 0) is 0 Å². The number of benzene rings is 2. The Morgan fingerprint density at radius 3 is 2.58 bits per heavy atom. The highest BCUT2D eigenvalue weighted by molar-refractivity contribution is 5.86. The zero-order chi connectivity index (χ0) is 22.7. The van der Waals surface area contributed by atoms with Gasteiger partial charge in [0.2, 0.25) is 5.75 Å². The highest BCUT2D eigenvalue weighted by Gasteiger charge is 2.24. The van der Waals surface area contributed by atoms with Crippen molar-refractivity contribution in [3.63, 3.8) is 0 Å². The van der Waals surface area contributed by atoms with E-state index in [1.54, 1.807) is 30.3 Å². The van der Waals surface area contributed by atoms with Crippen LogP contribution in [0.5, 0.6) is 11.5 Å². The second-order valence-corrected chi connectivity index (χ2v) is 5.93. The Hall–Kier alpha value is -4.99. The standard InChI is InChI=1S/C18H12N6O7/c1-31-16-5-3-2-4-14(16)22-18(26)11(13(8-19)21-22)9-20-12-6-10(23(27)28)7-15(17(12)25)24(29)30/h2-7,9,21,25H,1H3. The molecule has 31 heavy (non-hydrogen) atoms. The Kier molecular flexibility index (Phi) is 5.46. The van der Waals surface area contributed by atoms with Gasteiger partial charge in [0.05, 0.1) is 28.6 Å². The van der Waals surface area contributed by atoms with Gasteiger partial charge in [0.15, 0.2) is 0 Å². The van der Waals surface area contributed by atoms with E-state index in [4.69, 9.17) is 4.74 Å². The van der Waals surface area contributed by atoms with Gasteiger partial charge in [-0.25, -0.2) is 4.68 Å². The largest absolute Gasteiger partial charge is 0.501 e. The lowest BCUT2D eigenvalue weighted by Crippen LogP contribution is -2.17. The fourth-order valence-corrected chi connectivity index (χ4v) is 2.71. The molecule has 0 unspecified atom stereocenters. The second kappa shape index (κ2) is 8.17. The van der Waals surface area contributed by atoms with E-state index < -0.39 is 38.2 Å². The maximum absolute atomic E-state index is 12.8. The third-order valence-electron chi connectivity index (χ3n) is 4.16. The minimum absolute atomic E-state index is 0.195. The van der Waals surface area contributed by atoms with Gasteiger partial charge in [-0.05, 0) is 12.1 Å². The number of phenols is 1. The molecule has 156 valence electrons. The molecule has 0 saturated heterocycles. The van der Waals surface area contributed by atoms with Crippen molar-refractivity contribution in [2.24, 2.45) is 4.99 Å². The topological polar surface area (TPSA) is 190 Å². The Bertz CT molecular complexity index is 1330. The zero-order valence-electron chi connectivity index (χ0n) is 15.7. The number of aromatic nitrogens is 2. The maximum atomic E-state index is 12.8. The monoisotopic (exact) mass is 424 g/mol. The molecule has 13 heteroatoms. The van der Waals surface area contributed by atoms with Crippen molar-refractivity contribution in [2.75, 3.05) is 7.11 Å². The predicted octanol–water partition coefficient (Wildman–Crippen LogP) is 2.32. The van der Waals surface area contributed by atoms with Crippen LogP contribution >= 0.6 is 0 Å². The van der Waals surface area contributed by atoms with Crippen molar-refractivity contribution in [1.29, 1.82) is 5.26 Å². The lowest BCUT2D eigenvalue weighted by atomic mass is 10.2. The molecule has 2 N–H and O–H groups in total. The van der Waals surface area contributed by atoms with Crippen LogP contribution in [0.4, 0.5) is 17.1 Å². The van der Waals surface area contributed by atoms with Crippen LogP contribution in [0.1, 0.15) is 11.3 Å². The molecule has 0 aliphatic heterocycles. The van der Waals surface area contributed by atoms with E-state index in [-0.39, 0.29) is 11.3 Å². The number of nitro groups is 2. The van der Waals surface area contributed by atoms with Crippen molar-refractivity contribution < 1.29 is 19.7 Å². The van der Waals surface area contributed by atoms with Gasteiger partial charge in [0, 0.05) is 12.3 Å². The molecule has 0 amide bonds. The number of nitriles is 1. The number of hydrogen-bond acceptors (Lipinski definition) is 9. The van der Waals surface area contributed by atoms with Gasteiger partial charge in [-0.1, -0.05) is 12.1 Å². The van der Waals surface area contributed by atoms with E-state index in [1.165, 1.54) is 7.11 Å². The first-order valence-electron chi connectivity index (χ1n) is 8.36. The molecule has 0 saturated carbocycles. The first kappa shape index (κ1) is 20.7. The minimum atomic E-state index is -1.01. The van der Waals surface area contributed by atoms with Crippen LogP contribution in [0.2, 0.25) is 0 Å². The molecule has 0 atom stereocenters. The van der Waals surface area contributed by atoms with Crippen molar-refractivity contribution in [3.8, 4) is 23.3 Å². The summed E-state index contributed by atoms with van der Waals surface area (Å²) in [6, 6.07) is 9.66. The molecule has 13 nitrogen and oxygen atoms in total. The molecular formula is C18H12N6O7. The third kappa shape index (κ3) is 3.80. The third-order valence-corrected chi connectivity index (χ3v) is 4.16. The van der Waals surface area contributed by atoms with E-state index in [2.05, 4.69) is 10.1 Å². The number of aromatic hydroxyl groups is 1. The molecule has 0 spiro atoms. The van der Waals surface area contributed by atoms with E-state index in [9.17, 15) is 35.4 Å². The highest BCUT2D eigenvalue weighted by Crippen LogP contribution is 2.39. The van der Waals surface area contributed by atoms with Crippen molar-refractivity contribution in [2.45, 2.75) is 0 Å². The number of methoxy groups -OCH3 is 1. The lowest BCUT2D eigenvalue weighted by Gasteiger charge is -2.07. The minimum Gasteiger partial charge on any atom is -0.501 e. The molecule has 2 aromatic carbocycles. The molecule has 0 bridgehead atoms. The number of H-pyrrole nitrogens is 1. The SMILES string of the molecule is COc1ccccc1-n1[nH]c(C#N)c(C=Nc2cc([N+](=O)[O-])cc([N+](=O)[O-])c2O)c1=O. The summed E-state index contributed by atoms with van der Waals surface area (Å²) >= 11 is 0. The van der Waals surface area contributed by atoms with Crippen LogP contribution < -0.4 is 10.3 Å². The van der Waals surface area contributed by atoms with Crippen LogP contribution in [0, 0.1) is 31.6 Å². The average molecular weight is 424 g/mol. The Labute approximate surface area is 172 Å². The smallest absolute Gasteiger partial charge is 0.319 e. The van der Waals surface area contributed by atoms with Gasteiger partial charge in [-0.3, -0.25) is 35.1 Å². The van der Waals surface area contributed by atoms with Crippen LogP contribution in [0.3, 0.4) is 0 Å². The lowest BCUT2D eigenvalue weighted by molar-refractivity contribution is -0.394. The summed E-state index contributed by atoms with van der Waals surface area (Å²) in [5.41, 5.74) is -2.96. The van der Waals surface area contributed by atoms with Gasteiger partial charge in [-0.15, -0.1) is 0 Å². The zero-order valence-corrected chi connectivity index (χ0v) is 15.7. The first-order chi connectivity index (χ1) is 14.8. The average Bonchev–Trinajstić information content (AvgIpc) is 3.07. The fourth-order valence-electron chi connectivity index (χ4n) is 2.71. The highest BCUT2D eigenvalue weighted by atomic mass is 16.6. The van der Waals surface area contributed by atoms with Gasteiger partial charge < -0.3 is 9.84 Å². The molecule has 0 aliphatic rings. The van der Waals surface area contributed by atoms with Gasteiger partial charge >= 0.3 is 5.69 Å². The number of nitro benzene ring substituents is 2. The number of aliphatic imine (C=N–C) groups is 1. The van der Waals surface area contributed by atoms with Gasteiger partial charge in [0.1, 0.15) is 28.9 Å². The second-order valence-electron chi connectivity index (χ2n) is 5.93. The number of ether oxygens (including phenoxy) is 1.